The number of nitrogens with zero attached hydrogens (tertiary/aromatic N) is 1. The molecule has 2 N–H and O–H groups in total. The second-order valence-corrected chi connectivity index (χ2v) is 7.43. The van der Waals surface area contributed by atoms with E-state index in [0.717, 1.165) is 5.56 Å². The molecule has 1 heterocycles. The number of nitrogens with one attached hydrogen (secondary N) is 1. The molecule has 26 heavy (non-hydrogen) atoms. The van der Waals surface area contributed by atoms with Crippen molar-refractivity contribution >= 4 is 57.2 Å². The maximum atomic E-state index is 13.0. The van der Waals surface area contributed by atoms with E-state index in [0.29, 0.717) is 31.7 Å². The topological polar surface area (TPSA) is 70.9 Å². The fourth-order valence-electron chi connectivity index (χ4n) is 2.21. The number of phenols is 1. The van der Waals surface area contributed by atoms with Crippen LogP contribution in [0.1, 0.15) is 12.5 Å². The van der Waals surface area contributed by atoms with Gasteiger partial charge in [0.15, 0.2) is 16.7 Å². The van der Waals surface area contributed by atoms with Crippen LogP contribution < -0.4 is 10.1 Å². The van der Waals surface area contributed by atoms with Crippen LogP contribution in [-0.4, -0.2) is 22.8 Å². The lowest BCUT2D eigenvalue weighted by Gasteiger charge is -2.08. The summed E-state index contributed by atoms with van der Waals surface area (Å²) >= 11 is 3.20. The Morgan fingerprint density at radius 3 is 2.77 bits per heavy atom. The van der Waals surface area contributed by atoms with E-state index in [4.69, 9.17) is 4.74 Å². The van der Waals surface area contributed by atoms with Crippen LogP contribution in [0.15, 0.2) is 46.3 Å². The number of carbonyl (C=O) groups excluding carboxylic acids is 1. The summed E-state index contributed by atoms with van der Waals surface area (Å²) in [7, 11) is 0. The van der Waals surface area contributed by atoms with Gasteiger partial charge in [-0.25, -0.2) is 9.38 Å². The van der Waals surface area contributed by atoms with Crippen LogP contribution in [0.2, 0.25) is 0 Å². The highest BCUT2D eigenvalue weighted by Gasteiger charge is 2.24. The number of ether oxygens (including phenoxy) is 1. The molecular weight excluding hydrogens is 470 g/mol. The maximum absolute atomic E-state index is 13.0. The van der Waals surface area contributed by atoms with Crippen molar-refractivity contribution in [2.24, 2.45) is 4.99 Å². The second kappa shape index (κ2) is 8.09. The van der Waals surface area contributed by atoms with Gasteiger partial charge in [0, 0.05) is 0 Å². The van der Waals surface area contributed by atoms with Crippen LogP contribution in [0.25, 0.3) is 6.08 Å². The Labute approximate surface area is 167 Å². The first-order chi connectivity index (χ1) is 12.5. The third kappa shape index (κ3) is 4.36. The zero-order valence-corrected chi connectivity index (χ0v) is 16.6. The van der Waals surface area contributed by atoms with Crippen molar-refractivity contribution in [1.82, 2.24) is 5.32 Å². The molecule has 5 nitrogen and oxygen atoms in total. The number of aliphatic imine (C=N–C) groups is 1. The number of rotatable bonds is 4. The molecule has 3 rings (SSSR count). The van der Waals surface area contributed by atoms with Gasteiger partial charge in [-0.3, -0.25) is 4.79 Å². The van der Waals surface area contributed by atoms with E-state index in [-0.39, 0.29) is 17.5 Å². The van der Waals surface area contributed by atoms with E-state index in [9.17, 15) is 14.3 Å². The van der Waals surface area contributed by atoms with Gasteiger partial charge in [0.1, 0.15) is 5.82 Å². The van der Waals surface area contributed by atoms with Crippen LogP contribution >= 0.6 is 34.4 Å². The first-order valence-corrected chi connectivity index (χ1v) is 9.56. The molecule has 0 saturated carbocycles. The van der Waals surface area contributed by atoms with Crippen LogP contribution in [-0.2, 0) is 4.79 Å². The minimum absolute atomic E-state index is 0.0803. The van der Waals surface area contributed by atoms with Gasteiger partial charge in [-0.05, 0) is 89.3 Å². The summed E-state index contributed by atoms with van der Waals surface area (Å²) in [5.41, 5.74) is 1.28. The number of thioether (sulfide) groups is 1. The van der Waals surface area contributed by atoms with Gasteiger partial charge in [-0.15, -0.1) is 0 Å². The molecule has 2 aromatic carbocycles. The molecule has 0 spiro atoms. The maximum Gasteiger partial charge on any atom is 0.264 e. The van der Waals surface area contributed by atoms with Gasteiger partial charge < -0.3 is 15.2 Å². The Bertz CT molecular complexity index is 913. The number of amides is 1. The van der Waals surface area contributed by atoms with Crippen molar-refractivity contribution in [2.45, 2.75) is 6.92 Å². The second-order valence-electron chi connectivity index (χ2n) is 5.24. The Balaban J connectivity index is 1.86. The summed E-state index contributed by atoms with van der Waals surface area (Å²) in [4.78, 5) is 16.9. The third-order valence-corrected chi connectivity index (χ3v) is 5.09. The molecule has 0 bridgehead atoms. The molecule has 0 atom stereocenters. The zero-order valence-electron chi connectivity index (χ0n) is 13.6. The summed E-state index contributed by atoms with van der Waals surface area (Å²) < 4.78 is 19.0. The van der Waals surface area contributed by atoms with Crippen molar-refractivity contribution in [3.05, 3.63) is 56.3 Å². The molecule has 1 fully saturated rings. The average Bonchev–Trinajstić information content (AvgIpc) is 2.94. The van der Waals surface area contributed by atoms with Crippen LogP contribution in [0.5, 0.6) is 11.5 Å². The Kier molecular flexibility index (Phi) is 5.82. The normalized spacial score (nSPS) is 17.0. The molecule has 0 radical (unpaired) electrons. The smallest absolute Gasteiger partial charge is 0.264 e. The van der Waals surface area contributed by atoms with Gasteiger partial charge in [0.05, 0.1) is 20.8 Å². The largest absolute Gasteiger partial charge is 0.504 e. The molecule has 1 amide bonds. The molecule has 8 heteroatoms. The van der Waals surface area contributed by atoms with E-state index in [1.165, 1.54) is 36.0 Å². The zero-order chi connectivity index (χ0) is 18.7. The number of benzene rings is 2. The average molecular weight is 484 g/mol. The number of hydrogen-bond donors (Lipinski definition) is 2. The number of carbonyl (C=O) groups is 1. The van der Waals surface area contributed by atoms with Gasteiger partial charge in [0.2, 0.25) is 0 Å². The monoisotopic (exact) mass is 484 g/mol. The Morgan fingerprint density at radius 2 is 2.08 bits per heavy atom. The number of hydrogen-bond acceptors (Lipinski definition) is 5. The molecule has 1 aliphatic heterocycles. The fourth-order valence-corrected chi connectivity index (χ4v) is 3.67. The highest BCUT2D eigenvalue weighted by atomic mass is 127. The number of phenolic OH excluding ortho intramolecular Hbond substituents is 1. The number of halogens is 2. The van der Waals surface area contributed by atoms with E-state index >= 15 is 0 Å². The standard InChI is InChI=1S/C18H14FIN2O3S/c1-2-25-14-8-10(7-13(20)16(14)23)9-15-17(24)22-18(26-15)21-12-5-3-11(19)4-6-12/h3-9,23H,2H2,1H3,(H,21,22,24)/b15-9+. The first-order valence-electron chi connectivity index (χ1n) is 7.66. The lowest BCUT2D eigenvalue weighted by atomic mass is 10.2. The molecule has 1 saturated heterocycles. The van der Waals surface area contributed by atoms with E-state index < -0.39 is 0 Å². The van der Waals surface area contributed by atoms with Crippen LogP contribution in [0.4, 0.5) is 10.1 Å². The molecular formula is C18H14FIN2O3S. The summed E-state index contributed by atoms with van der Waals surface area (Å²) in [6, 6.07) is 9.13. The van der Waals surface area contributed by atoms with Crippen LogP contribution in [0, 0.1) is 9.39 Å². The van der Waals surface area contributed by atoms with Crippen LogP contribution in [0.3, 0.4) is 0 Å². The van der Waals surface area contributed by atoms with Gasteiger partial charge in [0.25, 0.3) is 5.91 Å². The molecule has 134 valence electrons. The highest BCUT2D eigenvalue weighted by Crippen LogP contribution is 2.35. The molecule has 0 unspecified atom stereocenters. The number of aromatic hydroxyl groups is 1. The fraction of sp³-hybridized carbons (Fsp3) is 0.111. The van der Waals surface area contributed by atoms with Crippen molar-refractivity contribution in [2.75, 3.05) is 6.61 Å². The molecule has 1 aliphatic rings. The summed E-state index contributed by atoms with van der Waals surface area (Å²) in [6.45, 7) is 2.25. The molecule has 0 aliphatic carbocycles. The Hall–Kier alpha value is -2.07. The van der Waals surface area contributed by atoms with E-state index in [2.05, 4.69) is 10.3 Å². The number of amidine groups is 1. The van der Waals surface area contributed by atoms with Crippen molar-refractivity contribution in [3.8, 4) is 11.5 Å². The van der Waals surface area contributed by atoms with Crippen molar-refractivity contribution in [1.29, 1.82) is 0 Å². The van der Waals surface area contributed by atoms with Crippen molar-refractivity contribution < 1.29 is 19.0 Å². The summed E-state index contributed by atoms with van der Waals surface area (Å²) in [5, 5.41) is 13.1. The lowest BCUT2D eigenvalue weighted by molar-refractivity contribution is -0.115. The van der Waals surface area contributed by atoms with Crippen molar-refractivity contribution in [3.63, 3.8) is 0 Å². The predicted octanol–water partition coefficient (Wildman–Crippen LogP) is 4.43. The van der Waals surface area contributed by atoms with E-state index in [1.807, 2.05) is 29.5 Å². The summed E-state index contributed by atoms with van der Waals surface area (Å²) in [5.74, 6) is -0.159. The van der Waals surface area contributed by atoms with Gasteiger partial charge in [-0.2, -0.15) is 0 Å². The highest BCUT2D eigenvalue weighted by molar-refractivity contribution is 14.1. The quantitative estimate of drug-likeness (QED) is 0.498. The first kappa shape index (κ1) is 18.7. The molecule has 2 aromatic rings. The minimum atomic E-state index is -0.343. The predicted molar refractivity (Wildman–Crippen MR) is 109 cm³/mol. The lowest BCUT2D eigenvalue weighted by Crippen LogP contribution is -2.19. The Morgan fingerprint density at radius 1 is 1.35 bits per heavy atom. The van der Waals surface area contributed by atoms with Gasteiger partial charge >= 0.3 is 0 Å². The molecule has 0 aromatic heterocycles. The third-order valence-electron chi connectivity index (χ3n) is 3.36. The van der Waals surface area contributed by atoms with Gasteiger partial charge in [-0.1, -0.05) is 0 Å². The van der Waals surface area contributed by atoms with E-state index in [1.54, 1.807) is 18.2 Å². The minimum Gasteiger partial charge on any atom is -0.504 e. The SMILES string of the molecule is CCOc1cc(/C=C2/SC(=Nc3ccc(F)cc3)NC2=O)cc(I)c1O. The summed E-state index contributed by atoms with van der Waals surface area (Å²) in [6.07, 6.45) is 1.71.